The van der Waals surface area contributed by atoms with Crippen LogP contribution in [0, 0.1) is 0 Å². The summed E-state index contributed by atoms with van der Waals surface area (Å²) >= 11 is 0. The van der Waals surface area contributed by atoms with E-state index < -0.39 is 0 Å². The van der Waals surface area contributed by atoms with Gasteiger partial charge in [-0.05, 0) is 19.3 Å². The average molecular weight is 237 g/mol. The van der Waals surface area contributed by atoms with Gasteiger partial charge in [0.2, 0.25) is 5.91 Å². The zero-order valence-corrected chi connectivity index (χ0v) is 10.1. The van der Waals surface area contributed by atoms with Crippen molar-refractivity contribution in [3.63, 3.8) is 0 Å². The lowest BCUT2D eigenvalue weighted by atomic mass is 10.4. The Labute approximate surface area is 101 Å². The van der Waals surface area contributed by atoms with E-state index in [1.807, 2.05) is 13.1 Å². The monoisotopic (exact) mass is 237 g/mol. The van der Waals surface area contributed by atoms with Crippen LogP contribution in [0.5, 0.6) is 0 Å². The molecule has 0 saturated heterocycles. The smallest absolute Gasteiger partial charge is 0.241 e. The molecule has 1 saturated carbocycles. The predicted molar refractivity (Wildman–Crippen MR) is 63.2 cm³/mol. The van der Waals surface area contributed by atoms with Crippen LogP contribution in [0.25, 0.3) is 0 Å². The maximum absolute atomic E-state index is 11.4. The number of nitrogens with one attached hydrogen (secondary N) is 2. The third kappa shape index (κ3) is 4.14. The van der Waals surface area contributed by atoms with Crippen LogP contribution in [0.15, 0.2) is 6.20 Å². The number of carbonyl (C=O) groups is 1. The molecule has 2 N–H and O–H groups in total. The SMILES string of the molecule is CCCNC(=O)Cn1cc(CNC2CC2)nn1. The molecule has 1 aliphatic rings. The summed E-state index contributed by atoms with van der Waals surface area (Å²) < 4.78 is 1.58. The summed E-state index contributed by atoms with van der Waals surface area (Å²) in [4.78, 5) is 11.4. The van der Waals surface area contributed by atoms with E-state index in [2.05, 4.69) is 20.9 Å². The summed E-state index contributed by atoms with van der Waals surface area (Å²) in [6, 6.07) is 0.660. The van der Waals surface area contributed by atoms with Gasteiger partial charge in [0.1, 0.15) is 6.54 Å². The van der Waals surface area contributed by atoms with Gasteiger partial charge in [-0.25, -0.2) is 4.68 Å². The first-order valence-electron chi connectivity index (χ1n) is 6.17. The first-order valence-corrected chi connectivity index (χ1v) is 6.17. The second kappa shape index (κ2) is 5.77. The number of carbonyl (C=O) groups excluding carboxylic acids is 1. The molecule has 0 radical (unpaired) electrons. The van der Waals surface area contributed by atoms with Gasteiger partial charge in [-0.1, -0.05) is 12.1 Å². The van der Waals surface area contributed by atoms with Crippen LogP contribution in [0.2, 0.25) is 0 Å². The molecule has 0 unspecified atom stereocenters. The van der Waals surface area contributed by atoms with Crippen molar-refractivity contribution in [1.29, 1.82) is 0 Å². The fourth-order valence-corrected chi connectivity index (χ4v) is 1.50. The van der Waals surface area contributed by atoms with Crippen molar-refractivity contribution >= 4 is 5.91 Å². The summed E-state index contributed by atoms with van der Waals surface area (Å²) in [5.74, 6) is -0.0153. The van der Waals surface area contributed by atoms with Crippen molar-refractivity contribution in [2.45, 2.75) is 45.3 Å². The Kier molecular flexibility index (Phi) is 4.08. The number of amides is 1. The highest BCUT2D eigenvalue weighted by Gasteiger charge is 2.20. The fourth-order valence-electron chi connectivity index (χ4n) is 1.50. The summed E-state index contributed by atoms with van der Waals surface area (Å²) in [6.07, 6.45) is 5.28. The topological polar surface area (TPSA) is 71.8 Å². The van der Waals surface area contributed by atoms with Crippen LogP contribution in [0.3, 0.4) is 0 Å². The molecule has 6 nitrogen and oxygen atoms in total. The minimum Gasteiger partial charge on any atom is -0.355 e. The predicted octanol–water partition coefficient (Wildman–Crippen LogP) is 0.0563. The number of rotatable bonds is 7. The van der Waals surface area contributed by atoms with E-state index in [9.17, 15) is 4.79 Å². The Bertz CT molecular complexity index is 372. The summed E-state index contributed by atoms with van der Waals surface area (Å²) in [6.45, 7) is 3.72. The quantitative estimate of drug-likeness (QED) is 0.703. The number of hydrogen-bond donors (Lipinski definition) is 2. The summed E-state index contributed by atoms with van der Waals surface area (Å²) in [7, 11) is 0. The maximum Gasteiger partial charge on any atom is 0.241 e. The van der Waals surface area contributed by atoms with E-state index in [0.717, 1.165) is 18.7 Å². The molecule has 1 amide bonds. The Hall–Kier alpha value is -1.43. The van der Waals surface area contributed by atoms with Gasteiger partial charge in [0.25, 0.3) is 0 Å². The average Bonchev–Trinajstić information content (AvgIpc) is 3.05. The highest BCUT2D eigenvalue weighted by atomic mass is 16.2. The van der Waals surface area contributed by atoms with Gasteiger partial charge in [0.15, 0.2) is 0 Å². The third-order valence-electron chi connectivity index (χ3n) is 2.61. The molecular weight excluding hydrogens is 218 g/mol. The molecule has 1 heterocycles. The van der Waals surface area contributed by atoms with Crippen molar-refractivity contribution in [3.05, 3.63) is 11.9 Å². The van der Waals surface area contributed by atoms with Crippen molar-refractivity contribution in [1.82, 2.24) is 25.6 Å². The molecule has 1 fully saturated rings. The lowest BCUT2D eigenvalue weighted by Crippen LogP contribution is -2.28. The van der Waals surface area contributed by atoms with Gasteiger partial charge >= 0.3 is 0 Å². The second-order valence-electron chi connectivity index (χ2n) is 4.41. The van der Waals surface area contributed by atoms with Crippen molar-refractivity contribution in [3.8, 4) is 0 Å². The van der Waals surface area contributed by atoms with Crippen molar-refractivity contribution in [2.75, 3.05) is 6.54 Å². The molecule has 17 heavy (non-hydrogen) atoms. The van der Waals surface area contributed by atoms with Gasteiger partial charge in [0, 0.05) is 19.1 Å². The molecule has 1 aliphatic carbocycles. The van der Waals surface area contributed by atoms with Crippen LogP contribution in [-0.2, 0) is 17.9 Å². The van der Waals surface area contributed by atoms with Crippen LogP contribution in [0.4, 0.5) is 0 Å². The zero-order valence-electron chi connectivity index (χ0n) is 10.1. The largest absolute Gasteiger partial charge is 0.355 e. The number of aromatic nitrogens is 3. The number of nitrogens with zero attached hydrogens (tertiary/aromatic N) is 3. The minimum atomic E-state index is -0.0153. The van der Waals surface area contributed by atoms with E-state index >= 15 is 0 Å². The fraction of sp³-hybridized carbons (Fsp3) is 0.727. The van der Waals surface area contributed by atoms with Crippen molar-refractivity contribution in [2.24, 2.45) is 0 Å². The van der Waals surface area contributed by atoms with Crippen LogP contribution in [-0.4, -0.2) is 33.5 Å². The Morgan fingerprint density at radius 2 is 2.41 bits per heavy atom. The van der Waals surface area contributed by atoms with Crippen molar-refractivity contribution < 1.29 is 4.79 Å². The Morgan fingerprint density at radius 1 is 1.59 bits per heavy atom. The molecule has 0 atom stereocenters. The molecule has 0 spiro atoms. The minimum absolute atomic E-state index is 0.0153. The van der Waals surface area contributed by atoms with Gasteiger partial charge in [-0.2, -0.15) is 0 Å². The van der Waals surface area contributed by atoms with Crippen LogP contribution >= 0.6 is 0 Å². The van der Waals surface area contributed by atoms with E-state index in [4.69, 9.17) is 0 Å². The first-order chi connectivity index (χ1) is 8.28. The molecule has 0 bridgehead atoms. The molecule has 2 rings (SSSR count). The van der Waals surface area contributed by atoms with E-state index in [1.54, 1.807) is 4.68 Å². The van der Waals surface area contributed by atoms with Gasteiger partial charge in [0.05, 0.1) is 11.9 Å². The van der Waals surface area contributed by atoms with Crippen LogP contribution in [0.1, 0.15) is 31.9 Å². The molecule has 6 heteroatoms. The van der Waals surface area contributed by atoms with E-state index in [1.165, 1.54) is 12.8 Å². The number of hydrogen-bond acceptors (Lipinski definition) is 4. The molecule has 0 aromatic carbocycles. The third-order valence-corrected chi connectivity index (χ3v) is 2.61. The lowest BCUT2D eigenvalue weighted by molar-refractivity contribution is -0.121. The highest BCUT2D eigenvalue weighted by molar-refractivity contribution is 5.75. The Morgan fingerprint density at radius 3 is 3.12 bits per heavy atom. The summed E-state index contributed by atoms with van der Waals surface area (Å²) in [5, 5.41) is 14.1. The zero-order chi connectivity index (χ0) is 12.1. The molecule has 0 aliphatic heterocycles. The molecule has 1 aromatic heterocycles. The molecule has 1 aromatic rings. The van der Waals surface area contributed by atoms with E-state index in [-0.39, 0.29) is 12.5 Å². The van der Waals surface area contributed by atoms with Gasteiger partial charge < -0.3 is 10.6 Å². The standard InChI is InChI=1S/C11H19N5O/c1-2-5-12-11(17)8-16-7-10(14-15-16)6-13-9-3-4-9/h7,9,13H,2-6,8H2,1H3,(H,12,17). The maximum atomic E-state index is 11.4. The first kappa shape index (κ1) is 12.0. The normalized spacial score (nSPS) is 14.9. The molecule has 94 valence electrons. The van der Waals surface area contributed by atoms with E-state index in [0.29, 0.717) is 12.6 Å². The highest BCUT2D eigenvalue weighted by Crippen LogP contribution is 2.18. The Balaban J connectivity index is 1.74. The second-order valence-corrected chi connectivity index (χ2v) is 4.41. The molecular formula is C11H19N5O. The van der Waals surface area contributed by atoms with Gasteiger partial charge in [-0.3, -0.25) is 4.79 Å². The summed E-state index contributed by atoms with van der Waals surface area (Å²) in [5.41, 5.74) is 0.889. The van der Waals surface area contributed by atoms with Crippen LogP contribution < -0.4 is 10.6 Å². The van der Waals surface area contributed by atoms with Gasteiger partial charge in [-0.15, -0.1) is 5.10 Å². The lowest BCUT2D eigenvalue weighted by Gasteiger charge is -2.02.